The molecule has 0 unspecified atom stereocenters. The summed E-state index contributed by atoms with van der Waals surface area (Å²) in [5.41, 5.74) is 3.91. The predicted molar refractivity (Wildman–Crippen MR) is 86.7 cm³/mol. The summed E-state index contributed by atoms with van der Waals surface area (Å²) in [6.07, 6.45) is 1.27. The lowest BCUT2D eigenvalue weighted by atomic mass is 10.1. The maximum Gasteiger partial charge on any atom is 0.271 e. The van der Waals surface area contributed by atoms with Crippen LogP contribution in [0.15, 0.2) is 29.1 Å². The van der Waals surface area contributed by atoms with Crippen molar-refractivity contribution in [1.29, 1.82) is 0 Å². The Balaban J connectivity index is 1.70. The van der Waals surface area contributed by atoms with E-state index in [0.717, 1.165) is 10.9 Å². The molecule has 1 aliphatic rings. The number of hydrogen-bond acceptors (Lipinski definition) is 5. The van der Waals surface area contributed by atoms with E-state index in [0.29, 0.717) is 31.3 Å². The minimum absolute atomic E-state index is 0.0821. The van der Waals surface area contributed by atoms with Crippen molar-refractivity contribution in [3.05, 3.63) is 47.2 Å². The first-order chi connectivity index (χ1) is 11.6. The van der Waals surface area contributed by atoms with Crippen LogP contribution in [0.1, 0.15) is 33.5 Å². The normalized spacial score (nSPS) is 18.2. The Morgan fingerprint density at radius 2 is 2.25 bits per heavy atom. The first kappa shape index (κ1) is 14.9. The summed E-state index contributed by atoms with van der Waals surface area (Å²) in [7, 11) is 0. The lowest BCUT2D eigenvalue weighted by Crippen LogP contribution is -2.44. The van der Waals surface area contributed by atoms with Gasteiger partial charge in [-0.2, -0.15) is 4.98 Å². The fourth-order valence-corrected chi connectivity index (χ4v) is 3.11. The minimum atomic E-state index is -0.334. The average molecular weight is 326 g/mol. The lowest BCUT2D eigenvalue weighted by molar-refractivity contribution is -0.00602. The van der Waals surface area contributed by atoms with Crippen molar-refractivity contribution >= 4 is 16.8 Å². The number of aromatic amines is 1. The van der Waals surface area contributed by atoms with Crippen molar-refractivity contribution in [3.63, 3.8) is 0 Å². The van der Waals surface area contributed by atoms with Crippen molar-refractivity contribution in [2.45, 2.75) is 19.9 Å². The highest BCUT2D eigenvalue weighted by Gasteiger charge is 2.32. The zero-order valence-corrected chi connectivity index (χ0v) is 13.6. The van der Waals surface area contributed by atoms with E-state index < -0.39 is 0 Å². The maximum atomic E-state index is 13.0. The van der Waals surface area contributed by atoms with Gasteiger partial charge in [0.2, 0.25) is 6.39 Å². The Morgan fingerprint density at radius 3 is 3.04 bits per heavy atom. The van der Waals surface area contributed by atoms with Gasteiger partial charge < -0.3 is 19.1 Å². The number of rotatable bonds is 2. The number of amides is 1. The molecule has 3 aromatic rings. The van der Waals surface area contributed by atoms with Crippen LogP contribution in [-0.4, -0.2) is 45.7 Å². The van der Waals surface area contributed by atoms with Crippen molar-refractivity contribution < 1.29 is 14.1 Å². The number of ether oxygens (including phenoxy) is 1. The van der Waals surface area contributed by atoms with Gasteiger partial charge in [0.05, 0.1) is 13.2 Å². The maximum absolute atomic E-state index is 13.0. The van der Waals surface area contributed by atoms with E-state index in [-0.39, 0.29) is 11.9 Å². The van der Waals surface area contributed by atoms with Crippen molar-refractivity contribution in [2.24, 2.45) is 0 Å². The van der Waals surface area contributed by atoms with Gasteiger partial charge >= 0.3 is 0 Å². The molecule has 2 aromatic heterocycles. The third kappa shape index (κ3) is 2.37. The topological polar surface area (TPSA) is 84.2 Å². The highest BCUT2D eigenvalue weighted by molar-refractivity contribution is 5.99. The molecular weight excluding hydrogens is 308 g/mol. The highest BCUT2D eigenvalue weighted by Crippen LogP contribution is 2.26. The number of hydrogen-bond donors (Lipinski definition) is 1. The second-order valence-corrected chi connectivity index (χ2v) is 6.03. The summed E-state index contributed by atoms with van der Waals surface area (Å²) in [6, 6.07) is 5.64. The summed E-state index contributed by atoms with van der Waals surface area (Å²) in [4.78, 5) is 22.1. The van der Waals surface area contributed by atoms with Gasteiger partial charge in [0.25, 0.3) is 5.91 Å². The van der Waals surface area contributed by atoms with E-state index in [1.54, 1.807) is 4.90 Å². The molecule has 1 atom stereocenters. The van der Waals surface area contributed by atoms with E-state index in [1.807, 2.05) is 12.1 Å². The fourth-order valence-electron chi connectivity index (χ4n) is 3.11. The molecule has 1 N–H and O–H groups in total. The Labute approximate surface area is 138 Å². The van der Waals surface area contributed by atoms with Gasteiger partial charge in [0, 0.05) is 17.4 Å². The number of aromatic nitrogens is 3. The van der Waals surface area contributed by atoms with Gasteiger partial charge in [0.1, 0.15) is 11.7 Å². The van der Waals surface area contributed by atoms with E-state index in [2.05, 4.69) is 35.0 Å². The number of nitrogens with zero attached hydrogens (tertiary/aromatic N) is 3. The van der Waals surface area contributed by atoms with E-state index >= 15 is 0 Å². The predicted octanol–water partition coefficient (Wildman–Crippen LogP) is 2.38. The Morgan fingerprint density at radius 1 is 1.38 bits per heavy atom. The van der Waals surface area contributed by atoms with Crippen LogP contribution >= 0.6 is 0 Å². The zero-order valence-electron chi connectivity index (χ0n) is 13.6. The van der Waals surface area contributed by atoms with Gasteiger partial charge in [0.15, 0.2) is 5.82 Å². The molecule has 1 aliphatic heterocycles. The number of morpholine rings is 1. The summed E-state index contributed by atoms with van der Waals surface area (Å²) < 4.78 is 10.3. The van der Waals surface area contributed by atoms with Gasteiger partial charge in [-0.3, -0.25) is 4.79 Å². The molecule has 24 heavy (non-hydrogen) atoms. The molecule has 7 nitrogen and oxygen atoms in total. The van der Waals surface area contributed by atoms with Crippen LogP contribution in [0.3, 0.4) is 0 Å². The van der Waals surface area contributed by atoms with E-state index in [9.17, 15) is 4.79 Å². The largest absolute Gasteiger partial charge is 0.377 e. The summed E-state index contributed by atoms with van der Waals surface area (Å²) in [5, 5.41) is 4.94. The molecule has 0 saturated carbocycles. The van der Waals surface area contributed by atoms with Crippen LogP contribution in [0.2, 0.25) is 0 Å². The van der Waals surface area contributed by atoms with Gasteiger partial charge in [-0.25, -0.2) is 0 Å². The smallest absolute Gasteiger partial charge is 0.271 e. The third-order valence-electron chi connectivity index (χ3n) is 4.64. The van der Waals surface area contributed by atoms with E-state index in [4.69, 9.17) is 9.26 Å². The van der Waals surface area contributed by atoms with Crippen LogP contribution in [0.4, 0.5) is 0 Å². The second kappa shape index (κ2) is 5.76. The van der Waals surface area contributed by atoms with Crippen molar-refractivity contribution in [3.8, 4) is 0 Å². The molecule has 0 aliphatic carbocycles. The zero-order chi connectivity index (χ0) is 16.7. The molecule has 3 heterocycles. The van der Waals surface area contributed by atoms with Crippen LogP contribution in [0, 0.1) is 13.8 Å². The first-order valence-corrected chi connectivity index (χ1v) is 7.89. The van der Waals surface area contributed by atoms with Crippen LogP contribution in [0.5, 0.6) is 0 Å². The lowest BCUT2D eigenvalue weighted by Gasteiger charge is -2.33. The monoisotopic (exact) mass is 326 g/mol. The summed E-state index contributed by atoms with van der Waals surface area (Å²) in [5.74, 6) is 0.382. The molecule has 1 fully saturated rings. The molecule has 1 aromatic carbocycles. The van der Waals surface area contributed by atoms with E-state index in [1.165, 1.54) is 17.5 Å². The number of benzene rings is 1. The van der Waals surface area contributed by atoms with Crippen LogP contribution in [0.25, 0.3) is 10.9 Å². The molecule has 0 radical (unpaired) electrons. The van der Waals surface area contributed by atoms with Crippen molar-refractivity contribution in [1.82, 2.24) is 20.0 Å². The quantitative estimate of drug-likeness (QED) is 0.781. The Bertz CT molecular complexity index is 885. The average Bonchev–Trinajstić information content (AvgIpc) is 3.27. The molecule has 0 spiro atoms. The number of fused-ring (bicyclic) bond motifs is 1. The van der Waals surface area contributed by atoms with Crippen LogP contribution < -0.4 is 0 Å². The summed E-state index contributed by atoms with van der Waals surface area (Å²) in [6.45, 7) is 5.49. The third-order valence-corrected chi connectivity index (χ3v) is 4.64. The molecule has 7 heteroatoms. The standard InChI is InChI=1S/C17H18N4O3/c1-10-3-4-13-12(11(10)2)7-14(19-13)17(22)21-5-6-23-8-15(21)16-18-9-24-20-16/h3-4,7,9,15,19H,5-6,8H2,1-2H3/t15-/m0/s1. The minimum Gasteiger partial charge on any atom is -0.377 e. The Hall–Kier alpha value is -2.67. The Kier molecular flexibility index (Phi) is 3.57. The van der Waals surface area contributed by atoms with Crippen molar-refractivity contribution in [2.75, 3.05) is 19.8 Å². The number of carbonyl (C=O) groups excluding carboxylic acids is 1. The first-order valence-electron chi connectivity index (χ1n) is 7.89. The van der Waals surface area contributed by atoms with Gasteiger partial charge in [-0.15, -0.1) is 0 Å². The van der Waals surface area contributed by atoms with Gasteiger partial charge in [-0.05, 0) is 37.1 Å². The van der Waals surface area contributed by atoms with Gasteiger partial charge in [-0.1, -0.05) is 11.2 Å². The summed E-state index contributed by atoms with van der Waals surface area (Å²) >= 11 is 0. The van der Waals surface area contributed by atoms with Crippen LogP contribution in [-0.2, 0) is 4.74 Å². The molecular formula is C17H18N4O3. The molecule has 0 bridgehead atoms. The highest BCUT2D eigenvalue weighted by atomic mass is 16.5. The number of H-pyrrole nitrogens is 1. The second-order valence-electron chi connectivity index (χ2n) is 6.03. The number of aryl methyl sites for hydroxylation is 2. The molecule has 124 valence electrons. The molecule has 1 amide bonds. The SMILES string of the molecule is Cc1ccc2[nH]c(C(=O)N3CCOC[C@H]3c3ncon3)cc2c1C. The fraction of sp³-hybridized carbons (Fsp3) is 0.353. The number of carbonyl (C=O) groups is 1. The molecule has 4 rings (SSSR count). The number of nitrogens with one attached hydrogen (secondary N) is 1. The molecule has 1 saturated heterocycles.